The second kappa shape index (κ2) is 7.03. The average Bonchev–Trinajstić information content (AvgIpc) is 3.01. The minimum absolute atomic E-state index is 0.112. The maximum absolute atomic E-state index is 12.6. The molecule has 1 aromatic carbocycles. The standard InChI is InChI=1S/C18H22N4O3S/c1-12-13(2)26-18(19-12)22-8-6-21(7-9-22)17(23)20-14-4-3-5-15-16(14)25-11-10-24-15/h3-5H,6-11H2,1-2H3,(H,20,23). The van der Waals surface area contributed by atoms with Gasteiger partial charge in [-0.05, 0) is 26.0 Å². The zero-order chi connectivity index (χ0) is 18.1. The highest BCUT2D eigenvalue weighted by Crippen LogP contribution is 2.37. The molecule has 0 radical (unpaired) electrons. The van der Waals surface area contributed by atoms with E-state index in [1.54, 1.807) is 11.3 Å². The van der Waals surface area contributed by atoms with E-state index in [9.17, 15) is 4.79 Å². The van der Waals surface area contributed by atoms with Gasteiger partial charge in [-0.2, -0.15) is 0 Å². The van der Waals surface area contributed by atoms with E-state index in [0.29, 0.717) is 43.5 Å². The maximum Gasteiger partial charge on any atom is 0.322 e. The number of carbonyl (C=O) groups is 1. The van der Waals surface area contributed by atoms with E-state index in [-0.39, 0.29) is 6.03 Å². The second-order valence-electron chi connectivity index (χ2n) is 6.37. The Morgan fingerprint density at radius 3 is 2.65 bits per heavy atom. The number of aryl methyl sites for hydroxylation is 2. The molecular weight excluding hydrogens is 352 g/mol. The summed E-state index contributed by atoms with van der Waals surface area (Å²) in [6, 6.07) is 5.43. The van der Waals surface area contributed by atoms with Crippen LogP contribution in [0.1, 0.15) is 10.6 Å². The van der Waals surface area contributed by atoms with E-state index in [1.807, 2.05) is 30.0 Å². The van der Waals surface area contributed by atoms with Crippen LogP contribution in [-0.2, 0) is 0 Å². The van der Waals surface area contributed by atoms with Gasteiger partial charge in [-0.1, -0.05) is 6.07 Å². The molecule has 1 aromatic heterocycles. The van der Waals surface area contributed by atoms with Crippen LogP contribution in [0.4, 0.5) is 15.6 Å². The molecule has 2 aliphatic rings. The number of fused-ring (bicyclic) bond motifs is 1. The lowest BCUT2D eigenvalue weighted by atomic mass is 10.2. The first-order valence-corrected chi connectivity index (χ1v) is 9.57. The smallest absolute Gasteiger partial charge is 0.322 e. The lowest BCUT2D eigenvalue weighted by molar-refractivity contribution is 0.172. The molecule has 26 heavy (non-hydrogen) atoms. The number of urea groups is 1. The molecule has 3 heterocycles. The number of hydrogen-bond donors (Lipinski definition) is 1. The molecule has 2 amide bonds. The van der Waals surface area contributed by atoms with Crippen molar-refractivity contribution < 1.29 is 14.3 Å². The van der Waals surface area contributed by atoms with Gasteiger partial charge in [0.25, 0.3) is 0 Å². The number of ether oxygens (including phenoxy) is 2. The highest BCUT2D eigenvalue weighted by molar-refractivity contribution is 7.15. The van der Waals surface area contributed by atoms with Gasteiger partial charge < -0.3 is 24.6 Å². The highest BCUT2D eigenvalue weighted by atomic mass is 32.1. The van der Waals surface area contributed by atoms with Crippen LogP contribution in [0.15, 0.2) is 18.2 Å². The Labute approximate surface area is 156 Å². The fraction of sp³-hybridized carbons (Fsp3) is 0.444. The third kappa shape index (κ3) is 3.29. The van der Waals surface area contributed by atoms with E-state index in [2.05, 4.69) is 22.1 Å². The number of piperazine rings is 1. The van der Waals surface area contributed by atoms with Crippen LogP contribution in [0.3, 0.4) is 0 Å². The topological polar surface area (TPSA) is 66.9 Å². The number of amides is 2. The van der Waals surface area contributed by atoms with Crippen LogP contribution in [0.5, 0.6) is 11.5 Å². The first kappa shape index (κ1) is 17.0. The molecule has 4 rings (SSSR count). The van der Waals surface area contributed by atoms with Gasteiger partial charge in [0.15, 0.2) is 16.6 Å². The van der Waals surface area contributed by atoms with E-state index in [0.717, 1.165) is 23.9 Å². The van der Waals surface area contributed by atoms with Crippen molar-refractivity contribution in [2.24, 2.45) is 0 Å². The predicted molar refractivity (Wildman–Crippen MR) is 102 cm³/mol. The normalized spacial score (nSPS) is 16.5. The summed E-state index contributed by atoms with van der Waals surface area (Å²) in [5.74, 6) is 1.29. The molecule has 0 bridgehead atoms. The van der Waals surface area contributed by atoms with Crippen molar-refractivity contribution in [3.05, 3.63) is 28.8 Å². The number of nitrogens with zero attached hydrogens (tertiary/aromatic N) is 3. The minimum Gasteiger partial charge on any atom is -0.486 e. The first-order chi connectivity index (χ1) is 12.6. The molecule has 0 unspecified atom stereocenters. The third-order valence-electron chi connectivity index (χ3n) is 4.66. The molecule has 0 spiro atoms. The largest absolute Gasteiger partial charge is 0.486 e. The van der Waals surface area contributed by atoms with Crippen molar-refractivity contribution in [1.82, 2.24) is 9.88 Å². The van der Waals surface area contributed by atoms with Crippen molar-refractivity contribution in [1.29, 1.82) is 0 Å². The number of hydrogen-bond acceptors (Lipinski definition) is 6. The molecule has 1 fully saturated rings. The second-order valence-corrected chi connectivity index (χ2v) is 7.55. The number of rotatable bonds is 2. The van der Waals surface area contributed by atoms with E-state index >= 15 is 0 Å². The molecule has 7 nitrogen and oxygen atoms in total. The SMILES string of the molecule is Cc1nc(N2CCN(C(=O)Nc3cccc4c3OCCO4)CC2)sc1C. The van der Waals surface area contributed by atoms with Crippen molar-refractivity contribution in [3.8, 4) is 11.5 Å². The fourth-order valence-electron chi connectivity index (χ4n) is 3.06. The molecule has 8 heteroatoms. The predicted octanol–water partition coefficient (Wildman–Crippen LogP) is 2.89. The van der Waals surface area contributed by atoms with E-state index in [4.69, 9.17) is 9.47 Å². The van der Waals surface area contributed by atoms with Gasteiger partial charge in [0.1, 0.15) is 13.2 Å². The maximum atomic E-state index is 12.6. The summed E-state index contributed by atoms with van der Waals surface area (Å²) in [6.07, 6.45) is 0. The van der Waals surface area contributed by atoms with Crippen molar-refractivity contribution >= 4 is 28.2 Å². The van der Waals surface area contributed by atoms with Crippen LogP contribution in [0.2, 0.25) is 0 Å². The summed E-state index contributed by atoms with van der Waals surface area (Å²) in [5, 5.41) is 4.00. The fourth-order valence-corrected chi connectivity index (χ4v) is 4.02. The van der Waals surface area contributed by atoms with E-state index in [1.165, 1.54) is 4.88 Å². The van der Waals surface area contributed by atoms with Crippen molar-refractivity contribution in [2.45, 2.75) is 13.8 Å². The van der Waals surface area contributed by atoms with Crippen LogP contribution in [0, 0.1) is 13.8 Å². The third-order valence-corrected chi connectivity index (χ3v) is 5.80. The van der Waals surface area contributed by atoms with Crippen LogP contribution < -0.4 is 19.7 Å². The summed E-state index contributed by atoms with van der Waals surface area (Å²) in [5.41, 5.74) is 1.74. The molecule has 1 N–H and O–H groups in total. The molecule has 0 saturated carbocycles. The van der Waals surface area contributed by atoms with Gasteiger partial charge in [-0.3, -0.25) is 0 Å². The number of aromatic nitrogens is 1. The molecule has 0 atom stereocenters. The molecule has 2 aliphatic heterocycles. The zero-order valence-electron chi connectivity index (χ0n) is 14.9. The van der Waals surface area contributed by atoms with Gasteiger partial charge in [0.05, 0.1) is 11.4 Å². The van der Waals surface area contributed by atoms with Crippen molar-refractivity contribution in [3.63, 3.8) is 0 Å². The molecule has 138 valence electrons. The Kier molecular flexibility index (Phi) is 4.58. The Morgan fingerprint density at radius 1 is 1.15 bits per heavy atom. The summed E-state index contributed by atoms with van der Waals surface area (Å²) >= 11 is 1.71. The Morgan fingerprint density at radius 2 is 1.92 bits per heavy atom. The summed E-state index contributed by atoms with van der Waals surface area (Å²) in [6.45, 7) is 8.04. The lowest BCUT2D eigenvalue weighted by Gasteiger charge is -2.34. The number of carbonyl (C=O) groups excluding carboxylic acids is 1. The molecule has 0 aliphatic carbocycles. The quantitative estimate of drug-likeness (QED) is 0.876. The molecule has 2 aromatic rings. The van der Waals surface area contributed by atoms with Gasteiger partial charge in [-0.25, -0.2) is 9.78 Å². The van der Waals surface area contributed by atoms with Crippen LogP contribution in [0.25, 0.3) is 0 Å². The number of anilines is 2. The first-order valence-electron chi connectivity index (χ1n) is 8.75. The minimum atomic E-state index is -0.112. The number of thiazole rings is 1. The average molecular weight is 374 g/mol. The van der Waals surface area contributed by atoms with Gasteiger partial charge in [0.2, 0.25) is 0 Å². The van der Waals surface area contributed by atoms with Crippen LogP contribution in [-0.4, -0.2) is 55.3 Å². The summed E-state index contributed by atoms with van der Waals surface area (Å²) in [7, 11) is 0. The van der Waals surface area contributed by atoms with Gasteiger partial charge in [-0.15, -0.1) is 11.3 Å². The summed E-state index contributed by atoms with van der Waals surface area (Å²) in [4.78, 5) is 22.6. The monoisotopic (exact) mass is 374 g/mol. The number of para-hydroxylation sites is 1. The number of benzene rings is 1. The molecule has 1 saturated heterocycles. The van der Waals surface area contributed by atoms with Gasteiger partial charge in [0, 0.05) is 31.1 Å². The Hall–Kier alpha value is -2.48. The Balaban J connectivity index is 1.38. The molecular formula is C18H22N4O3S. The van der Waals surface area contributed by atoms with Crippen LogP contribution >= 0.6 is 11.3 Å². The lowest BCUT2D eigenvalue weighted by Crippen LogP contribution is -2.50. The summed E-state index contributed by atoms with van der Waals surface area (Å²) < 4.78 is 11.2. The van der Waals surface area contributed by atoms with E-state index < -0.39 is 0 Å². The van der Waals surface area contributed by atoms with Crippen molar-refractivity contribution in [2.75, 3.05) is 49.6 Å². The van der Waals surface area contributed by atoms with Gasteiger partial charge >= 0.3 is 6.03 Å². The number of nitrogens with one attached hydrogen (secondary N) is 1. The zero-order valence-corrected chi connectivity index (χ0v) is 15.8. The Bertz CT molecular complexity index is 795. The highest BCUT2D eigenvalue weighted by Gasteiger charge is 2.25.